The van der Waals surface area contributed by atoms with Gasteiger partial charge >= 0.3 is 0 Å². The Morgan fingerprint density at radius 3 is 2.84 bits per heavy atom. The molecule has 0 atom stereocenters. The first-order valence-corrected chi connectivity index (χ1v) is 12.4. The number of aromatic nitrogens is 2. The number of nitrogens with zero attached hydrogens (tertiary/aromatic N) is 3. The highest BCUT2D eigenvalue weighted by Crippen LogP contribution is 2.49. The molecule has 1 aliphatic heterocycles. The molecule has 1 aromatic carbocycles. The summed E-state index contributed by atoms with van der Waals surface area (Å²) in [5, 5.41) is 4.35. The van der Waals surface area contributed by atoms with Gasteiger partial charge in [-0.05, 0) is 49.7 Å². The molecule has 0 amide bonds. The first-order valence-electron chi connectivity index (χ1n) is 10.7. The van der Waals surface area contributed by atoms with Gasteiger partial charge in [0, 0.05) is 28.5 Å². The molecule has 31 heavy (non-hydrogen) atoms. The molecule has 7 heteroatoms. The Morgan fingerprint density at radius 1 is 1.10 bits per heavy atom. The second kappa shape index (κ2) is 7.36. The van der Waals surface area contributed by atoms with Crippen molar-refractivity contribution in [1.29, 1.82) is 0 Å². The lowest BCUT2D eigenvalue weighted by Crippen LogP contribution is -2.44. The number of fused-ring (bicyclic) bond motifs is 2. The van der Waals surface area contributed by atoms with Crippen molar-refractivity contribution in [3.63, 3.8) is 0 Å². The van der Waals surface area contributed by atoms with Gasteiger partial charge in [0.05, 0.1) is 27.1 Å². The number of hydrogen-bond acceptors (Lipinski definition) is 6. The van der Waals surface area contributed by atoms with Gasteiger partial charge in [0.15, 0.2) is 0 Å². The van der Waals surface area contributed by atoms with Crippen LogP contribution >= 0.6 is 22.7 Å². The molecule has 4 nitrogen and oxygen atoms in total. The zero-order chi connectivity index (χ0) is 21.0. The number of hydrogen-bond donors (Lipinski definition) is 1. The third-order valence-corrected chi connectivity index (χ3v) is 8.74. The van der Waals surface area contributed by atoms with Crippen LogP contribution in [0.1, 0.15) is 37.0 Å². The van der Waals surface area contributed by atoms with E-state index in [1.807, 2.05) is 6.07 Å². The van der Waals surface area contributed by atoms with Gasteiger partial charge in [-0.2, -0.15) is 0 Å². The molecular weight excluding hydrogens is 427 g/mol. The van der Waals surface area contributed by atoms with Crippen molar-refractivity contribution in [2.75, 3.05) is 18.9 Å². The second-order valence-electron chi connectivity index (χ2n) is 8.56. The molecule has 6 rings (SSSR count). The Hall–Kier alpha value is -2.35. The summed E-state index contributed by atoms with van der Waals surface area (Å²) in [6, 6.07) is 7.51. The average molecular weight is 451 g/mol. The van der Waals surface area contributed by atoms with E-state index in [1.165, 1.54) is 53.9 Å². The van der Waals surface area contributed by atoms with E-state index in [2.05, 4.69) is 39.4 Å². The molecule has 4 aromatic rings. The van der Waals surface area contributed by atoms with Gasteiger partial charge < -0.3 is 5.32 Å². The Bertz CT molecular complexity index is 1320. The summed E-state index contributed by atoms with van der Waals surface area (Å²) in [5.74, 6) is -0.265. The van der Waals surface area contributed by atoms with Gasteiger partial charge in [0.1, 0.15) is 10.6 Å². The molecule has 2 aliphatic rings. The van der Waals surface area contributed by atoms with E-state index in [-0.39, 0.29) is 11.4 Å². The van der Waals surface area contributed by atoms with Crippen LogP contribution in [0.5, 0.6) is 0 Å². The molecule has 3 aromatic heterocycles. The van der Waals surface area contributed by atoms with Crippen LogP contribution in [-0.2, 0) is 0 Å². The molecule has 0 saturated heterocycles. The zero-order valence-corrected chi connectivity index (χ0v) is 19.0. The number of rotatable bonds is 3. The standard InChI is InChI=1S/C24H23FN4S2/c1-29-10-6-16(24(29)7-3-2-4-8-24)21-11-15-18(5-9-26-23(15)31-21)28-19-13-20-22(12-17(19)25)30-14-27-20/h5-6,9,11-14H,2-4,7-8,10H2,1H3,(H,26,28). The fourth-order valence-corrected chi connectivity index (χ4v) is 7.06. The molecule has 0 unspecified atom stereocenters. The number of anilines is 2. The average Bonchev–Trinajstić information content (AvgIpc) is 3.48. The van der Waals surface area contributed by atoms with Crippen LogP contribution in [0.2, 0.25) is 0 Å². The molecule has 4 heterocycles. The molecule has 158 valence electrons. The van der Waals surface area contributed by atoms with Crippen LogP contribution in [0.15, 0.2) is 42.0 Å². The van der Waals surface area contributed by atoms with E-state index in [9.17, 15) is 4.39 Å². The van der Waals surface area contributed by atoms with Gasteiger partial charge in [0.25, 0.3) is 0 Å². The highest BCUT2D eigenvalue weighted by atomic mass is 32.1. The number of halogens is 1. The topological polar surface area (TPSA) is 41.0 Å². The fraction of sp³-hybridized carbons (Fsp3) is 0.333. The van der Waals surface area contributed by atoms with Crippen LogP contribution in [0, 0.1) is 5.82 Å². The van der Waals surface area contributed by atoms with E-state index >= 15 is 0 Å². The predicted molar refractivity (Wildman–Crippen MR) is 129 cm³/mol. The summed E-state index contributed by atoms with van der Waals surface area (Å²) in [5.41, 5.74) is 5.50. The van der Waals surface area contributed by atoms with E-state index in [1.54, 1.807) is 35.2 Å². The maximum atomic E-state index is 14.7. The number of likely N-dealkylation sites (N-methyl/N-ethyl adjacent to an activating group) is 1. The number of thiophene rings is 1. The van der Waals surface area contributed by atoms with Crippen molar-refractivity contribution in [2.24, 2.45) is 0 Å². The Labute approximate surface area is 188 Å². The summed E-state index contributed by atoms with van der Waals surface area (Å²) in [7, 11) is 2.25. The van der Waals surface area contributed by atoms with Crippen LogP contribution in [0.4, 0.5) is 15.8 Å². The smallest absolute Gasteiger partial charge is 0.148 e. The van der Waals surface area contributed by atoms with E-state index in [0.29, 0.717) is 5.69 Å². The van der Waals surface area contributed by atoms with Crippen molar-refractivity contribution >= 4 is 60.1 Å². The van der Waals surface area contributed by atoms with Crippen LogP contribution < -0.4 is 5.32 Å². The number of thiazole rings is 1. The minimum absolute atomic E-state index is 0.161. The maximum Gasteiger partial charge on any atom is 0.148 e. The van der Waals surface area contributed by atoms with Gasteiger partial charge in [-0.1, -0.05) is 25.3 Å². The first-order chi connectivity index (χ1) is 15.1. The third-order valence-electron chi connectivity index (χ3n) is 6.87. The van der Waals surface area contributed by atoms with E-state index in [4.69, 9.17) is 0 Å². The summed E-state index contributed by atoms with van der Waals surface area (Å²) in [4.78, 5) is 13.7. The van der Waals surface area contributed by atoms with Crippen molar-refractivity contribution in [3.8, 4) is 0 Å². The van der Waals surface area contributed by atoms with E-state index < -0.39 is 0 Å². The lowest BCUT2D eigenvalue weighted by atomic mass is 9.76. The largest absolute Gasteiger partial charge is 0.352 e. The highest BCUT2D eigenvalue weighted by molar-refractivity contribution is 7.19. The summed E-state index contributed by atoms with van der Waals surface area (Å²) < 4.78 is 15.6. The lowest BCUT2D eigenvalue weighted by Gasteiger charge is -2.42. The molecular formula is C24H23FN4S2. The van der Waals surface area contributed by atoms with Crippen molar-refractivity contribution in [1.82, 2.24) is 14.9 Å². The number of nitrogens with one attached hydrogen (secondary N) is 1. The lowest BCUT2D eigenvalue weighted by molar-refractivity contribution is 0.159. The summed E-state index contributed by atoms with van der Waals surface area (Å²) >= 11 is 3.20. The van der Waals surface area contributed by atoms with Crippen molar-refractivity contribution in [2.45, 2.75) is 37.6 Å². The van der Waals surface area contributed by atoms with Crippen LogP contribution in [-0.4, -0.2) is 34.0 Å². The number of pyridine rings is 1. The zero-order valence-electron chi connectivity index (χ0n) is 17.3. The van der Waals surface area contributed by atoms with Gasteiger partial charge in [-0.25, -0.2) is 14.4 Å². The van der Waals surface area contributed by atoms with Crippen LogP contribution in [0.3, 0.4) is 0 Å². The molecule has 0 radical (unpaired) electrons. The normalized spacial score (nSPS) is 18.8. The van der Waals surface area contributed by atoms with Gasteiger partial charge in [-0.3, -0.25) is 4.90 Å². The third kappa shape index (κ3) is 3.10. The Balaban J connectivity index is 1.40. The second-order valence-corrected chi connectivity index (χ2v) is 10.5. The quantitative estimate of drug-likeness (QED) is 0.372. The van der Waals surface area contributed by atoms with Gasteiger partial charge in [-0.15, -0.1) is 22.7 Å². The number of benzene rings is 1. The first kappa shape index (κ1) is 19.3. The molecule has 1 saturated carbocycles. The minimum Gasteiger partial charge on any atom is -0.352 e. The molecule has 0 bridgehead atoms. The SMILES string of the molecule is CN1CC=C(c2cc3c(Nc4cc5ncsc5cc4F)ccnc3s2)C12CCCCC2. The summed E-state index contributed by atoms with van der Waals surface area (Å²) in [6.07, 6.45) is 10.6. The minimum atomic E-state index is -0.265. The monoisotopic (exact) mass is 450 g/mol. The highest BCUT2D eigenvalue weighted by Gasteiger charge is 2.43. The van der Waals surface area contributed by atoms with E-state index in [0.717, 1.165) is 32.7 Å². The Morgan fingerprint density at radius 2 is 1.97 bits per heavy atom. The maximum absolute atomic E-state index is 14.7. The Kier molecular flexibility index (Phi) is 4.59. The fourth-order valence-electron chi connectivity index (χ4n) is 5.22. The molecule has 1 aliphatic carbocycles. The van der Waals surface area contributed by atoms with Crippen LogP contribution in [0.25, 0.3) is 26.0 Å². The summed E-state index contributed by atoms with van der Waals surface area (Å²) in [6.45, 7) is 1.00. The van der Waals surface area contributed by atoms with Crippen molar-refractivity contribution < 1.29 is 4.39 Å². The van der Waals surface area contributed by atoms with Gasteiger partial charge in [0.2, 0.25) is 0 Å². The molecule has 1 spiro atoms. The molecule has 1 N–H and O–H groups in total. The molecule has 1 fully saturated rings. The van der Waals surface area contributed by atoms with Crippen molar-refractivity contribution in [3.05, 3.63) is 52.7 Å². The predicted octanol–water partition coefficient (Wildman–Crippen LogP) is 6.82.